The van der Waals surface area contributed by atoms with Gasteiger partial charge < -0.3 is 15.7 Å². The van der Waals surface area contributed by atoms with Crippen LogP contribution in [0.1, 0.15) is 16.8 Å². The number of aliphatic carboxylic acids is 1. The number of pyridine rings is 2. The highest BCUT2D eigenvalue weighted by Gasteiger charge is 2.24. The largest absolute Gasteiger partial charge is 0.480 e. The molecule has 158 valence electrons. The second-order valence-electron chi connectivity index (χ2n) is 6.43. The van der Waals surface area contributed by atoms with E-state index in [1.165, 1.54) is 41.1 Å². The molecule has 0 fully saturated rings. The zero-order valence-corrected chi connectivity index (χ0v) is 16.7. The van der Waals surface area contributed by atoms with Crippen LogP contribution in [-0.4, -0.2) is 38.5 Å². The van der Waals surface area contributed by atoms with Crippen molar-refractivity contribution in [3.05, 3.63) is 87.9 Å². The van der Waals surface area contributed by atoms with Gasteiger partial charge in [0.25, 0.3) is 11.5 Å². The lowest BCUT2D eigenvalue weighted by Gasteiger charge is -2.15. The van der Waals surface area contributed by atoms with Crippen molar-refractivity contribution in [2.24, 2.45) is 0 Å². The maximum Gasteiger partial charge on any atom is 0.326 e. The lowest BCUT2D eigenvalue weighted by atomic mass is 10.1. The van der Waals surface area contributed by atoms with Crippen LogP contribution in [0.2, 0.25) is 5.02 Å². The van der Waals surface area contributed by atoms with Crippen LogP contribution < -0.4 is 16.2 Å². The van der Waals surface area contributed by atoms with E-state index in [-0.39, 0.29) is 16.9 Å². The summed E-state index contributed by atoms with van der Waals surface area (Å²) in [4.78, 5) is 51.9. The van der Waals surface area contributed by atoms with Crippen LogP contribution in [0, 0.1) is 0 Å². The Hall–Kier alpha value is -3.98. The Bertz CT molecular complexity index is 1160. The molecular formula is C21H17ClN4O5. The third-order valence-corrected chi connectivity index (χ3v) is 4.44. The molecule has 0 saturated heterocycles. The molecule has 2 aromatic heterocycles. The van der Waals surface area contributed by atoms with Crippen molar-refractivity contribution >= 4 is 35.2 Å². The molecule has 0 spiro atoms. The number of halogens is 1. The van der Waals surface area contributed by atoms with Crippen LogP contribution in [0.3, 0.4) is 0 Å². The van der Waals surface area contributed by atoms with Gasteiger partial charge >= 0.3 is 5.97 Å². The molecule has 0 aliphatic heterocycles. The number of nitrogens with one attached hydrogen (secondary N) is 2. The lowest BCUT2D eigenvalue weighted by molar-refractivity contribution is -0.140. The van der Waals surface area contributed by atoms with Crippen LogP contribution in [0.5, 0.6) is 0 Å². The Morgan fingerprint density at radius 1 is 1.06 bits per heavy atom. The zero-order chi connectivity index (χ0) is 22.4. The van der Waals surface area contributed by atoms with Crippen molar-refractivity contribution in [3.63, 3.8) is 0 Å². The molecule has 0 bridgehead atoms. The summed E-state index contributed by atoms with van der Waals surface area (Å²) >= 11 is 5.72. The zero-order valence-electron chi connectivity index (χ0n) is 16.0. The van der Waals surface area contributed by atoms with Crippen molar-refractivity contribution in [1.29, 1.82) is 0 Å². The average molecular weight is 441 g/mol. The number of benzene rings is 1. The predicted octanol–water partition coefficient (Wildman–Crippen LogP) is 2.10. The minimum Gasteiger partial charge on any atom is -0.480 e. The summed E-state index contributed by atoms with van der Waals surface area (Å²) in [5, 5.41) is 14.5. The Kier molecular flexibility index (Phi) is 6.78. The highest BCUT2D eigenvalue weighted by atomic mass is 35.5. The molecule has 0 radical (unpaired) electrons. The van der Waals surface area contributed by atoms with Gasteiger partial charge in [0.1, 0.15) is 11.9 Å². The first kappa shape index (κ1) is 21.7. The molecular weight excluding hydrogens is 424 g/mol. The Balaban J connectivity index is 1.65. The summed E-state index contributed by atoms with van der Waals surface area (Å²) < 4.78 is 1.40. The number of nitrogens with zero attached hydrogens (tertiary/aromatic N) is 2. The average Bonchev–Trinajstić information content (AvgIpc) is 2.75. The SMILES string of the molecule is O=C(C[C@H](NC(=O)c1ccc(-n2ccccc2=O)cc1)C(=O)O)Nc1ccc(Cl)cn1. The molecule has 3 aromatic rings. The Morgan fingerprint density at radius 2 is 1.81 bits per heavy atom. The molecule has 1 aromatic carbocycles. The third kappa shape index (κ3) is 5.77. The van der Waals surface area contributed by atoms with E-state index in [0.29, 0.717) is 10.7 Å². The van der Waals surface area contributed by atoms with Crippen LogP contribution in [0.25, 0.3) is 5.69 Å². The van der Waals surface area contributed by atoms with Gasteiger partial charge in [-0.1, -0.05) is 17.7 Å². The summed E-state index contributed by atoms with van der Waals surface area (Å²) in [5.41, 5.74) is 0.498. The van der Waals surface area contributed by atoms with E-state index < -0.39 is 30.2 Å². The fraction of sp³-hybridized carbons (Fsp3) is 0.0952. The number of carbonyl (C=O) groups excluding carboxylic acids is 2. The van der Waals surface area contributed by atoms with Gasteiger partial charge in [0.05, 0.1) is 11.4 Å². The first-order valence-electron chi connectivity index (χ1n) is 9.06. The summed E-state index contributed by atoms with van der Waals surface area (Å²) in [7, 11) is 0. The summed E-state index contributed by atoms with van der Waals surface area (Å²) in [6.45, 7) is 0. The number of amides is 2. The quantitative estimate of drug-likeness (QED) is 0.515. The van der Waals surface area contributed by atoms with E-state index in [0.717, 1.165) is 0 Å². The molecule has 0 unspecified atom stereocenters. The second-order valence-corrected chi connectivity index (χ2v) is 6.87. The van der Waals surface area contributed by atoms with Crippen molar-refractivity contribution < 1.29 is 19.5 Å². The molecule has 10 heteroatoms. The summed E-state index contributed by atoms with van der Waals surface area (Å²) in [6, 6.07) is 12.3. The van der Waals surface area contributed by atoms with E-state index in [2.05, 4.69) is 15.6 Å². The monoisotopic (exact) mass is 440 g/mol. The molecule has 0 aliphatic carbocycles. The molecule has 0 saturated carbocycles. The molecule has 0 aliphatic rings. The second kappa shape index (κ2) is 9.68. The van der Waals surface area contributed by atoms with Gasteiger partial charge in [0, 0.05) is 29.7 Å². The number of rotatable bonds is 7. The standard InChI is InChI=1S/C21H17ClN4O5/c22-14-6-9-17(23-12-14)25-18(27)11-16(21(30)31)24-20(29)13-4-7-15(8-5-13)26-10-2-1-3-19(26)28/h1-10,12,16H,11H2,(H,24,29)(H,30,31)(H,23,25,27)/t16-/m0/s1. The number of carboxylic acids is 1. The number of aromatic nitrogens is 2. The smallest absolute Gasteiger partial charge is 0.326 e. The number of hydrogen-bond acceptors (Lipinski definition) is 5. The van der Waals surface area contributed by atoms with Gasteiger partial charge in [-0.3, -0.25) is 19.0 Å². The van der Waals surface area contributed by atoms with Crippen LogP contribution in [0.15, 0.2) is 71.8 Å². The maximum atomic E-state index is 12.4. The van der Waals surface area contributed by atoms with Crippen molar-refractivity contribution in [2.75, 3.05) is 5.32 Å². The topological polar surface area (TPSA) is 130 Å². The highest BCUT2D eigenvalue weighted by molar-refractivity contribution is 6.30. The highest BCUT2D eigenvalue weighted by Crippen LogP contribution is 2.11. The first-order valence-corrected chi connectivity index (χ1v) is 9.44. The number of anilines is 1. The molecule has 2 amide bonds. The van der Waals surface area contributed by atoms with Crippen LogP contribution in [0.4, 0.5) is 5.82 Å². The normalized spacial score (nSPS) is 11.4. The number of carboxylic acid groups (broad SMARTS) is 1. The molecule has 31 heavy (non-hydrogen) atoms. The van der Waals surface area contributed by atoms with E-state index in [9.17, 15) is 24.3 Å². The maximum absolute atomic E-state index is 12.4. The molecule has 2 heterocycles. The first-order chi connectivity index (χ1) is 14.8. The number of carbonyl (C=O) groups is 3. The predicted molar refractivity (Wildman–Crippen MR) is 113 cm³/mol. The van der Waals surface area contributed by atoms with Gasteiger partial charge in [-0.15, -0.1) is 0 Å². The lowest BCUT2D eigenvalue weighted by Crippen LogP contribution is -2.43. The fourth-order valence-electron chi connectivity index (χ4n) is 2.68. The number of hydrogen-bond donors (Lipinski definition) is 3. The van der Waals surface area contributed by atoms with E-state index >= 15 is 0 Å². The van der Waals surface area contributed by atoms with E-state index in [1.54, 1.807) is 30.5 Å². The summed E-state index contributed by atoms with van der Waals surface area (Å²) in [6.07, 6.45) is 2.43. The molecule has 3 N–H and O–H groups in total. The Labute approximate surface area is 181 Å². The van der Waals surface area contributed by atoms with Crippen LogP contribution >= 0.6 is 11.6 Å². The van der Waals surface area contributed by atoms with Gasteiger partial charge in [-0.2, -0.15) is 0 Å². The van der Waals surface area contributed by atoms with Crippen molar-refractivity contribution in [1.82, 2.24) is 14.9 Å². The Morgan fingerprint density at radius 3 is 2.42 bits per heavy atom. The van der Waals surface area contributed by atoms with Gasteiger partial charge in [0.15, 0.2) is 0 Å². The molecule has 1 atom stereocenters. The van der Waals surface area contributed by atoms with Gasteiger partial charge in [-0.05, 0) is 42.5 Å². The van der Waals surface area contributed by atoms with Gasteiger partial charge in [-0.25, -0.2) is 9.78 Å². The van der Waals surface area contributed by atoms with Crippen LogP contribution in [-0.2, 0) is 9.59 Å². The fourth-order valence-corrected chi connectivity index (χ4v) is 2.80. The summed E-state index contributed by atoms with van der Waals surface area (Å²) in [5.74, 6) is -2.46. The minimum absolute atomic E-state index is 0.179. The minimum atomic E-state index is -1.45. The van der Waals surface area contributed by atoms with Crippen molar-refractivity contribution in [3.8, 4) is 5.69 Å². The molecule has 9 nitrogen and oxygen atoms in total. The van der Waals surface area contributed by atoms with Crippen molar-refractivity contribution in [2.45, 2.75) is 12.5 Å². The molecule has 3 rings (SSSR count). The van der Waals surface area contributed by atoms with Gasteiger partial charge in [0.2, 0.25) is 5.91 Å². The van der Waals surface area contributed by atoms with E-state index in [4.69, 9.17) is 11.6 Å². The third-order valence-electron chi connectivity index (χ3n) is 4.22. The van der Waals surface area contributed by atoms with E-state index in [1.807, 2.05) is 0 Å².